The molecule has 0 spiro atoms. The fourth-order valence-corrected chi connectivity index (χ4v) is 7.90. The summed E-state index contributed by atoms with van der Waals surface area (Å²) in [5.41, 5.74) is 9.18. The largest absolute Gasteiger partial charge is 0.450 e. The van der Waals surface area contributed by atoms with Crippen molar-refractivity contribution in [2.45, 2.75) is 0 Å². The van der Waals surface area contributed by atoms with Crippen molar-refractivity contribution in [3.8, 4) is 22.9 Å². The van der Waals surface area contributed by atoms with Crippen LogP contribution in [0.2, 0.25) is 0 Å². The molecule has 0 saturated carbocycles. The Kier molecular flexibility index (Phi) is 5.32. The quantitative estimate of drug-likeness (QED) is 0.183. The molecule has 0 saturated heterocycles. The summed E-state index contributed by atoms with van der Waals surface area (Å²) < 4.78 is 11.4. The minimum Gasteiger partial charge on any atom is -0.450 e. The molecule has 4 heterocycles. The van der Waals surface area contributed by atoms with Gasteiger partial charge in [0.1, 0.15) is 16.7 Å². The highest BCUT2D eigenvalue weighted by atomic mass is 16.3. The van der Waals surface area contributed by atoms with Crippen molar-refractivity contribution in [2.24, 2.45) is 0 Å². The van der Waals surface area contributed by atoms with Crippen LogP contribution in [-0.2, 0) is 0 Å². The number of aromatic nitrogens is 4. The lowest BCUT2D eigenvalue weighted by Crippen LogP contribution is -2.04. The van der Waals surface area contributed by atoms with Gasteiger partial charge in [-0.05, 0) is 46.5 Å². The van der Waals surface area contributed by atoms with E-state index in [1.165, 1.54) is 26.9 Å². The fraction of sp³-hybridized carbons (Fsp3) is 0. The maximum absolute atomic E-state index is 6.87. The minimum absolute atomic E-state index is 0.602. The van der Waals surface area contributed by atoms with E-state index < -0.39 is 0 Å². The SMILES string of the molecule is c1ccc(-c2nc(-n3c4ccccc4c4c5ccccc5c5ccccc5c43)nc3c2oc2c4ccccc4n(-c4ccccc4)c32)cc1. The summed E-state index contributed by atoms with van der Waals surface area (Å²) in [7, 11) is 0. The molecule has 0 aliphatic heterocycles. The molecule has 228 valence electrons. The maximum atomic E-state index is 6.87. The van der Waals surface area contributed by atoms with Crippen LogP contribution in [0, 0.1) is 0 Å². The fourth-order valence-electron chi connectivity index (χ4n) is 7.90. The molecular weight excluding hydrogens is 601 g/mol. The highest BCUT2D eigenvalue weighted by Crippen LogP contribution is 2.44. The molecule has 4 aromatic heterocycles. The Bertz CT molecular complexity index is 3100. The third-order valence-electron chi connectivity index (χ3n) is 9.92. The lowest BCUT2D eigenvalue weighted by molar-refractivity contribution is 0.670. The van der Waals surface area contributed by atoms with E-state index in [2.05, 4.69) is 143 Å². The summed E-state index contributed by atoms with van der Waals surface area (Å²) in [5, 5.41) is 8.21. The third kappa shape index (κ3) is 3.59. The van der Waals surface area contributed by atoms with Crippen LogP contribution >= 0.6 is 0 Å². The third-order valence-corrected chi connectivity index (χ3v) is 9.92. The molecule has 11 rings (SSSR count). The van der Waals surface area contributed by atoms with Gasteiger partial charge in [-0.25, -0.2) is 9.97 Å². The number of nitrogens with zero attached hydrogens (tertiary/aromatic N) is 4. The predicted molar refractivity (Wildman–Crippen MR) is 201 cm³/mol. The van der Waals surface area contributed by atoms with Crippen LogP contribution in [0.4, 0.5) is 0 Å². The number of rotatable bonds is 3. The van der Waals surface area contributed by atoms with Crippen LogP contribution in [0.5, 0.6) is 0 Å². The first-order chi connectivity index (χ1) is 24.3. The van der Waals surface area contributed by atoms with Crippen LogP contribution < -0.4 is 0 Å². The number of benzene rings is 7. The zero-order valence-electron chi connectivity index (χ0n) is 26.2. The molecule has 0 aliphatic carbocycles. The van der Waals surface area contributed by atoms with Crippen LogP contribution in [0.15, 0.2) is 162 Å². The summed E-state index contributed by atoms with van der Waals surface area (Å²) >= 11 is 0. The van der Waals surface area contributed by atoms with Gasteiger partial charge in [0, 0.05) is 32.8 Å². The average Bonchev–Trinajstić information content (AvgIpc) is 3.83. The summed E-state index contributed by atoms with van der Waals surface area (Å²) in [6, 6.07) is 55.2. The van der Waals surface area contributed by atoms with Gasteiger partial charge in [0.05, 0.1) is 16.6 Å². The Morgan fingerprint density at radius 1 is 0.408 bits per heavy atom. The molecule has 0 fully saturated rings. The van der Waals surface area contributed by atoms with Gasteiger partial charge in [0.15, 0.2) is 11.2 Å². The lowest BCUT2D eigenvalue weighted by atomic mass is 9.97. The predicted octanol–water partition coefficient (Wildman–Crippen LogP) is 11.4. The van der Waals surface area contributed by atoms with Crippen LogP contribution in [0.3, 0.4) is 0 Å². The summed E-state index contributed by atoms with van der Waals surface area (Å²) in [5.74, 6) is 0.602. The summed E-state index contributed by atoms with van der Waals surface area (Å²) in [6.45, 7) is 0. The van der Waals surface area contributed by atoms with E-state index in [1.54, 1.807) is 0 Å². The molecule has 0 bridgehead atoms. The van der Waals surface area contributed by atoms with Gasteiger partial charge in [0.2, 0.25) is 5.95 Å². The van der Waals surface area contributed by atoms with Gasteiger partial charge >= 0.3 is 0 Å². The van der Waals surface area contributed by atoms with Crippen molar-refractivity contribution in [1.82, 2.24) is 19.1 Å². The van der Waals surface area contributed by atoms with E-state index in [9.17, 15) is 0 Å². The topological polar surface area (TPSA) is 48.8 Å². The van der Waals surface area contributed by atoms with Gasteiger partial charge < -0.3 is 8.98 Å². The van der Waals surface area contributed by atoms with Crippen molar-refractivity contribution in [3.05, 3.63) is 158 Å². The molecule has 0 aliphatic rings. The lowest BCUT2D eigenvalue weighted by Gasteiger charge is -2.13. The van der Waals surface area contributed by atoms with E-state index in [1.807, 2.05) is 24.3 Å². The Morgan fingerprint density at radius 2 is 0.959 bits per heavy atom. The Hall–Kier alpha value is -6.72. The van der Waals surface area contributed by atoms with Crippen LogP contribution in [0.1, 0.15) is 0 Å². The van der Waals surface area contributed by atoms with E-state index in [0.717, 1.165) is 60.9 Å². The van der Waals surface area contributed by atoms with Crippen molar-refractivity contribution < 1.29 is 4.42 Å². The molecular formula is C44H26N4O. The maximum Gasteiger partial charge on any atom is 0.236 e. The zero-order valence-corrected chi connectivity index (χ0v) is 26.2. The zero-order chi connectivity index (χ0) is 32.1. The monoisotopic (exact) mass is 626 g/mol. The van der Waals surface area contributed by atoms with Gasteiger partial charge in [-0.2, -0.15) is 0 Å². The summed E-state index contributed by atoms with van der Waals surface area (Å²) in [6.07, 6.45) is 0. The molecule has 0 amide bonds. The van der Waals surface area contributed by atoms with E-state index in [4.69, 9.17) is 14.4 Å². The number of hydrogen-bond donors (Lipinski definition) is 0. The smallest absolute Gasteiger partial charge is 0.236 e. The molecule has 0 unspecified atom stereocenters. The number of para-hydroxylation sites is 3. The second kappa shape index (κ2) is 9.89. The first kappa shape index (κ1) is 26.4. The van der Waals surface area contributed by atoms with Crippen LogP contribution in [-0.4, -0.2) is 19.1 Å². The number of fused-ring (bicyclic) bond motifs is 13. The van der Waals surface area contributed by atoms with Crippen molar-refractivity contribution >= 4 is 76.5 Å². The number of hydrogen-bond acceptors (Lipinski definition) is 3. The van der Waals surface area contributed by atoms with Crippen LogP contribution in [0.25, 0.3) is 99.3 Å². The molecule has 0 atom stereocenters. The highest BCUT2D eigenvalue weighted by Gasteiger charge is 2.26. The Morgan fingerprint density at radius 3 is 1.69 bits per heavy atom. The summed E-state index contributed by atoms with van der Waals surface area (Å²) in [4.78, 5) is 10.9. The molecule has 49 heavy (non-hydrogen) atoms. The molecule has 0 radical (unpaired) electrons. The average molecular weight is 627 g/mol. The van der Waals surface area contributed by atoms with E-state index in [0.29, 0.717) is 11.5 Å². The van der Waals surface area contributed by atoms with Gasteiger partial charge in [-0.1, -0.05) is 127 Å². The van der Waals surface area contributed by atoms with E-state index in [-0.39, 0.29) is 0 Å². The first-order valence-corrected chi connectivity index (χ1v) is 16.5. The highest BCUT2D eigenvalue weighted by molar-refractivity contribution is 6.32. The van der Waals surface area contributed by atoms with Crippen molar-refractivity contribution in [2.75, 3.05) is 0 Å². The minimum atomic E-state index is 0.602. The van der Waals surface area contributed by atoms with E-state index >= 15 is 0 Å². The van der Waals surface area contributed by atoms with Crippen molar-refractivity contribution in [1.29, 1.82) is 0 Å². The molecule has 11 aromatic rings. The molecule has 0 N–H and O–H groups in total. The second-order valence-corrected chi connectivity index (χ2v) is 12.6. The van der Waals surface area contributed by atoms with Gasteiger partial charge in [-0.15, -0.1) is 0 Å². The molecule has 5 heteroatoms. The Balaban J connectivity index is 1.37. The van der Waals surface area contributed by atoms with Crippen molar-refractivity contribution in [3.63, 3.8) is 0 Å². The standard InChI is InChI=1S/C44H26N4O/c1-3-15-27(16-4-1)38-43-39(41-42(49-43)34-24-12-14-26-36(34)47(41)28-17-5-2-6-18-28)46-44(45-38)48-35-25-13-11-23-33(35)37-31-21-9-7-19-29(31)30-20-8-10-22-32(30)40(37)48/h1-26H. The Labute approximate surface area is 279 Å². The normalized spacial score (nSPS) is 12.1. The van der Waals surface area contributed by atoms with Gasteiger partial charge in [0.25, 0.3) is 0 Å². The molecule has 7 aromatic carbocycles. The second-order valence-electron chi connectivity index (χ2n) is 12.6. The molecule has 5 nitrogen and oxygen atoms in total. The van der Waals surface area contributed by atoms with Gasteiger partial charge in [-0.3, -0.25) is 4.57 Å². The first-order valence-electron chi connectivity index (χ1n) is 16.5. The number of furan rings is 1.